The zero-order valence-corrected chi connectivity index (χ0v) is 17.9. The van der Waals surface area contributed by atoms with Crippen LogP contribution in [-0.4, -0.2) is 29.6 Å². The fourth-order valence-electron chi connectivity index (χ4n) is 4.72. The van der Waals surface area contributed by atoms with Gasteiger partial charge in [-0.3, -0.25) is 9.13 Å². The van der Waals surface area contributed by atoms with E-state index >= 15 is 0 Å². The van der Waals surface area contributed by atoms with Crippen LogP contribution in [0.15, 0.2) is 11.1 Å². The number of hydrogen-bond donors (Lipinski definition) is 4. The van der Waals surface area contributed by atoms with Crippen LogP contribution < -0.4 is 0 Å². The van der Waals surface area contributed by atoms with Gasteiger partial charge in [-0.05, 0) is 52.4 Å². The average molecular weight is 413 g/mol. The van der Waals surface area contributed by atoms with Crippen molar-refractivity contribution in [3.63, 3.8) is 0 Å². The molecule has 6 nitrogen and oxygen atoms in total. The summed E-state index contributed by atoms with van der Waals surface area (Å²) in [7, 11) is 0. The van der Waals surface area contributed by atoms with Crippen LogP contribution >= 0.6 is 0 Å². The molecule has 0 aliphatic heterocycles. The predicted octanol–water partition coefficient (Wildman–Crippen LogP) is 5.07. The van der Waals surface area contributed by atoms with Crippen molar-refractivity contribution in [1.82, 2.24) is 9.13 Å². The summed E-state index contributed by atoms with van der Waals surface area (Å²) in [5.74, 6) is 0.722. The Morgan fingerprint density at radius 2 is 1.00 bits per heavy atom. The average Bonchev–Trinajstić information content (AvgIpc) is 3.09. The van der Waals surface area contributed by atoms with Crippen LogP contribution in [-0.2, 0) is 25.9 Å². The monoisotopic (exact) mass is 412 g/mol. The Balaban J connectivity index is 1.30. The lowest BCUT2D eigenvalue weighted by Gasteiger charge is -2.09. The van der Waals surface area contributed by atoms with E-state index in [0.29, 0.717) is 13.1 Å². The fourth-order valence-corrected chi connectivity index (χ4v) is 4.72. The van der Waals surface area contributed by atoms with Crippen molar-refractivity contribution in [2.24, 2.45) is 0 Å². The molecule has 0 fully saturated rings. The molecule has 0 saturated heterocycles. The summed E-state index contributed by atoms with van der Waals surface area (Å²) in [6.07, 6.45) is 10.9. The molecule has 6 heteroatoms. The van der Waals surface area contributed by atoms with Crippen molar-refractivity contribution in [2.45, 2.75) is 78.3 Å². The SMILES string of the molecule is CC1=Cc2c(c(O)n(CCCCCCn3c(O)c4c(c3O)CCC(C)=C4)c2O)CC1. The highest BCUT2D eigenvalue weighted by atomic mass is 16.3. The maximum absolute atomic E-state index is 10.5. The summed E-state index contributed by atoms with van der Waals surface area (Å²) in [6, 6.07) is 0. The number of rotatable bonds is 7. The van der Waals surface area contributed by atoms with E-state index in [4.69, 9.17) is 0 Å². The van der Waals surface area contributed by atoms with Crippen LogP contribution in [0.2, 0.25) is 0 Å². The largest absolute Gasteiger partial charge is 0.494 e. The Morgan fingerprint density at radius 3 is 1.40 bits per heavy atom. The molecular formula is C24H32N2O4. The zero-order valence-electron chi connectivity index (χ0n) is 17.9. The fraction of sp³-hybridized carbons (Fsp3) is 0.500. The third-order valence-corrected chi connectivity index (χ3v) is 6.53. The van der Waals surface area contributed by atoms with Gasteiger partial charge in [0, 0.05) is 35.3 Å². The van der Waals surface area contributed by atoms with Crippen LogP contribution in [0.4, 0.5) is 0 Å². The molecule has 0 unspecified atom stereocenters. The summed E-state index contributed by atoms with van der Waals surface area (Å²) in [4.78, 5) is 0. The van der Waals surface area contributed by atoms with Crippen molar-refractivity contribution in [3.8, 4) is 23.5 Å². The maximum atomic E-state index is 10.5. The van der Waals surface area contributed by atoms with Gasteiger partial charge < -0.3 is 20.4 Å². The van der Waals surface area contributed by atoms with Gasteiger partial charge in [0.2, 0.25) is 11.8 Å². The first kappa shape index (κ1) is 20.5. The highest BCUT2D eigenvalue weighted by Gasteiger charge is 2.24. The molecule has 2 aromatic heterocycles. The molecule has 2 aliphatic carbocycles. The molecular weight excluding hydrogens is 380 g/mol. The molecule has 0 radical (unpaired) electrons. The van der Waals surface area contributed by atoms with E-state index in [-0.39, 0.29) is 23.5 Å². The maximum Gasteiger partial charge on any atom is 0.201 e. The summed E-state index contributed by atoms with van der Waals surface area (Å²) < 4.78 is 3.23. The summed E-state index contributed by atoms with van der Waals surface area (Å²) >= 11 is 0. The normalized spacial score (nSPS) is 15.5. The molecule has 162 valence electrons. The van der Waals surface area contributed by atoms with Gasteiger partial charge in [-0.15, -0.1) is 0 Å². The summed E-state index contributed by atoms with van der Waals surface area (Å²) in [5.41, 5.74) is 5.68. The lowest BCUT2D eigenvalue weighted by molar-refractivity contribution is 0.352. The van der Waals surface area contributed by atoms with Crippen molar-refractivity contribution in [2.75, 3.05) is 0 Å². The van der Waals surface area contributed by atoms with E-state index in [9.17, 15) is 20.4 Å². The zero-order chi connectivity index (χ0) is 21.4. The predicted molar refractivity (Wildman–Crippen MR) is 118 cm³/mol. The lowest BCUT2D eigenvalue weighted by atomic mass is 9.96. The Hall–Kier alpha value is -2.76. The number of unbranched alkanes of at least 4 members (excludes halogenated alkanes) is 3. The second-order valence-electron chi connectivity index (χ2n) is 8.78. The highest BCUT2D eigenvalue weighted by molar-refractivity contribution is 5.68. The van der Waals surface area contributed by atoms with E-state index in [1.165, 1.54) is 11.1 Å². The molecule has 0 spiro atoms. The van der Waals surface area contributed by atoms with Gasteiger partial charge in [-0.2, -0.15) is 0 Å². The van der Waals surface area contributed by atoms with Gasteiger partial charge in [0.1, 0.15) is 0 Å². The quantitative estimate of drug-likeness (QED) is 0.478. The first-order valence-electron chi connectivity index (χ1n) is 11.0. The summed E-state index contributed by atoms with van der Waals surface area (Å²) in [6.45, 7) is 5.25. The third kappa shape index (κ3) is 3.59. The standard InChI is InChI=1S/C24H32N2O4/c1-15-7-9-17-19(13-15)23(29)25(21(17)27)11-5-3-4-6-12-26-22(28)18-10-8-16(2)14-20(18)24(26)30/h13-14,27-30H,3-12H2,1-2H3. The highest BCUT2D eigenvalue weighted by Crippen LogP contribution is 2.41. The number of allylic oxidation sites excluding steroid dienone is 2. The molecule has 0 atom stereocenters. The van der Waals surface area contributed by atoms with Crippen LogP contribution in [0.1, 0.15) is 74.6 Å². The Labute approximate surface area is 177 Å². The molecule has 4 N–H and O–H groups in total. The molecule has 4 rings (SSSR count). The number of hydrogen-bond acceptors (Lipinski definition) is 4. The molecule has 0 bridgehead atoms. The third-order valence-electron chi connectivity index (χ3n) is 6.53. The first-order valence-corrected chi connectivity index (χ1v) is 11.0. The molecule has 2 heterocycles. The number of nitrogens with zero attached hydrogens (tertiary/aromatic N) is 2. The van der Waals surface area contributed by atoms with E-state index in [2.05, 4.69) is 0 Å². The van der Waals surface area contributed by atoms with Gasteiger partial charge in [-0.25, -0.2) is 0 Å². The van der Waals surface area contributed by atoms with E-state index in [0.717, 1.165) is 73.6 Å². The molecule has 2 aliphatic rings. The van der Waals surface area contributed by atoms with Crippen molar-refractivity contribution >= 4 is 12.2 Å². The van der Waals surface area contributed by atoms with Crippen LogP contribution in [0.25, 0.3) is 12.2 Å². The Morgan fingerprint density at radius 1 is 0.600 bits per heavy atom. The van der Waals surface area contributed by atoms with Gasteiger partial charge in [0.15, 0.2) is 11.8 Å². The van der Waals surface area contributed by atoms with Crippen LogP contribution in [0, 0.1) is 0 Å². The number of aromatic nitrogens is 2. The minimum atomic E-state index is 0.165. The second-order valence-corrected chi connectivity index (χ2v) is 8.78. The second kappa shape index (κ2) is 8.17. The topological polar surface area (TPSA) is 90.8 Å². The minimum Gasteiger partial charge on any atom is -0.494 e. The van der Waals surface area contributed by atoms with Crippen LogP contribution in [0.3, 0.4) is 0 Å². The van der Waals surface area contributed by atoms with Gasteiger partial charge in [-0.1, -0.05) is 36.1 Å². The van der Waals surface area contributed by atoms with E-state index in [1.54, 1.807) is 9.13 Å². The van der Waals surface area contributed by atoms with Crippen LogP contribution in [0.5, 0.6) is 23.5 Å². The van der Waals surface area contributed by atoms with Gasteiger partial charge in [0.25, 0.3) is 0 Å². The lowest BCUT2D eigenvalue weighted by Crippen LogP contribution is -1.99. The molecule has 0 saturated carbocycles. The van der Waals surface area contributed by atoms with Crippen molar-refractivity contribution in [3.05, 3.63) is 33.4 Å². The molecule has 0 amide bonds. The number of aromatic hydroxyl groups is 4. The van der Waals surface area contributed by atoms with E-state index < -0.39 is 0 Å². The number of fused-ring (bicyclic) bond motifs is 2. The molecule has 30 heavy (non-hydrogen) atoms. The Bertz CT molecular complexity index is 941. The molecule has 2 aromatic rings. The first-order chi connectivity index (χ1) is 14.4. The van der Waals surface area contributed by atoms with Crippen molar-refractivity contribution in [1.29, 1.82) is 0 Å². The van der Waals surface area contributed by atoms with Gasteiger partial charge >= 0.3 is 0 Å². The van der Waals surface area contributed by atoms with Crippen molar-refractivity contribution < 1.29 is 20.4 Å². The Kier molecular flexibility index (Phi) is 5.58. The smallest absolute Gasteiger partial charge is 0.201 e. The molecule has 0 aromatic carbocycles. The minimum absolute atomic E-state index is 0.165. The van der Waals surface area contributed by atoms with Gasteiger partial charge in [0.05, 0.1) is 0 Å². The summed E-state index contributed by atoms with van der Waals surface area (Å²) in [5, 5.41) is 41.9. The van der Waals surface area contributed by atoms with E-state index in [1.807, 2.05) is 26.0 Å².